The van der Waals surface area contributed by atoms with Crippen LogP contribution in [0.25, 0.3) is 0 Å². The Hall–Kier alpha value is -1.33. The first-order valence-electron chi connectivity index (χ1n) is 4.99. The molecule has 0 amide bonds. The summed E-state index contributed by atoms with van der Waals surface area (Å²) in [5, 5.41) is 17.9. The summed E-state index contributed by atoms with van der Waals surface area (Å²) in [5.41, 5.74) is 0.357. The summed E-state index contributed by atoms with van der Waals surface area (Å²) in [5.74, 6) is -0.542. The normalized spacial score (nSPS) is 13.2. The molecule has 0 fully saturated rings. The Bertz CT molecular complexity index is 367. The van der Waals surface area contributed by atoms with Crippen LogP contribution in [0.15, 0.2) is 24.3 Å². The van der Waals surface area contributed by atoms with Crippen molar-refractivity contribution < 1.29 is 19.4 Å². The van der Waals surface area contributed by atoms with Crippen molar-refractivity contribution in [3.05, 3.63) is 29.8 Å². The van der Waals surface area contributed by atoms with E-state index in [0.29, 0.717) is 11.3 Å². The lowest BCUT2D eigenvalue weighted by atomic mass is 10.1. The van der Waals surface area contributed by atoms with Crippen molar-refractivity contribution in [1.82, 2.24) is 0 Å². The van der Waals surface area contributed by atoms with Crippen LogP contribution in [0.1, 0.15) is 11.7 Å². The van der Waals surface area contributed by atoms with E-state index < -0.39 is 20.4 Å². The molecule has 0 aliphatic carbocycles. The van der Waals surface area contributed by atoms with E-state index in [1.165, 1.54) is 0 Å². The zero-order valence-electron chi connectivity index (χ0n) is 9.60. The highest BCUT2D eigenvalue weighted by Gasteiger charge is 2.18. The molecule has 1 atom stereocenters. The molecule has 88 valence electrons. The predicted molar refractivity (Wildman–Crippen MR) is 63.0 cm³/mol. The van der Waals surface area contributed by atoms with Gasteiger partial charge in [0.25, 0.3) is 0 Å². The zero-order valence-corrected chi connectivity index (χ0v) is 10.6. The molecule has 0 bridgehead atoms. The molecule has 0 saturated heterocycles. The van der Waals surface area contributed by atoms with Crippen LogP contribution in [-0.4, -0.2) is 24.5 Å². The SMILES string of the molecule is C[Si](C)(C)Oc1ccc(C(O)C(=O)O)cc1. The number of aliphatic hydroxyl groups excluding tert-OH is 1. The molecule has 0 saturated carbocycles. The summed E-state index contributed by atoms with van der Waals surface area (Å²) in [4.78, 5) is 10.5. The molecule has 0 aliphatic rings. The van der Waals surface area contributed by atoms with E-state index in [-0.39, 0.29) is 0 Å². The van der Waals surface area contributed by atoms with Crippen LogP contribution in [0.3, 0.4) is 0 Å². The first-order chi connectivity index (χ1) is 7.29. The van der Waals surface area contributed by atoms with Crippen LogP contribution in [0.5, 0.6) is 5.75 Å². The maximum absolute atomic E-state index is 10.5. The molecule has 4 nitrogen and oxygen atoms in total. The minimum absolute atomic E-state index is 0.357. The number of carbonyl (C=O) groups is 1. The third-order valence-corrected chi connectivity index (χ3v) is 2.70. The van der Waals surface area contributed by atoms with Gasteiger partial charge in [0.2, 0.25) is 8.32 Å². The minimum atomic E-state index is -1.64. The lowest BCUT2D eigenvalue weighted by Crippen LogP contribution is -2.29. The number of hydrogen-bond donors (Lipinski definition) is 2. The van der Waals surface area contributed by atoms with Crippen molar-refractivity contribution in [3.8, 4) is 5.75 Å². The Morgan fingerprint density at radius 2 is 1.75 bits per heavy atom. The number of rotatable bonds is 4. The second kappa shape index (κ2) is 4.67. The third kappa shape index (κ3) is 3.67. The monoisotopic (exact) mass is 240 g/mol. The largest absolute Gasteiger partial charge is 0.544 e. The lowest BCUT2D eigenvalue weighted by Gasteiger charge is -2.19. The number of aliphatic carboxylic acids is 1. The van der Waals surface area contributed by atoms with Crippen molar-refractivity contribution in [2.45, 2.75) is 25.7 Å². The van der Waals surface area contributed by atoms with Crippen LogP contribution in [0, 0.1) is 0 Å². The molecular formula is C11H16O4Si. The van der Waals surface area contributed by atoms with Crippen molar-refractivity contribution in [1.29, 1.82) is 0 Å². The van der Waals surface area contributed by atoms with Crippen molar-refractivity contribution >= 4 is 14.3 Å². The molecule has 1 aromatic carbocycles. The Kier molecular flexibility index (Phi) is 3.72. The number of hydrogen-bond acceptors (Lipinski definition) is 3. The van der Waals surface area contributed by atoms with Gasteiger partial charge in [0, 0.05) is 0 Å². The summed E-state index contributed by atoms with van der Waals surface area (Å²) in [6.07, 6.45) is -1.47. The summed E-state index contributed by atoms with van der Waals surface area (Å²) >= 11 is 0. The van der Waals surface area contributed by atoms with E-state index in [1.54, 1.807) is 24.3 Å². The highest BCUT2D eigenvalue weighted by atomic mass is 28.4. The summed E-state index contributed by atoms with van der Waals surface area (Å²) in [6.45, 7) is 6.19. The second-order valence-corrected chi connectivity index (χ2v) is 8.95. The number of carboxylic acid groups (broad SMARTS) is 1. The van der Waals surface area contributed by atoms with Gasteiger partial charge in [-0.15, -0.1) is 0 Å². The molecule has 0 aliphatic heterocycles. The summed E-state index contributed by atoms with van der Waals surface area (Å²) < 4.78 is 5.71. The van der Waals surface area contributed by atoms with E-state index in [1.807, 2.05) is 0 Å². The van der Waals surface area contributed by atoms with Gasteiger partial charge in [-0.05, 0) is 37.3 Å². The average molecular weight is 240 g/mol. The molecule has 1 aromatic rings. The Morgan fingerprint density at radius 3 is 2.12 bits per heavy atom. The number of benzene rings is 1. The summed E-state index contributed by atoms with van der Waals surface area (Å²) in [7, 11) is -1.64. The first-order valence-corrected chi connectivity index (χ1v) is 8.40. The number of aliphatic hydroxyl groups is 1. The highest BCUT2D eigenvalue weighted by molar-refractivity contribution is 6.70. The molecule has 5 heteroatoms. The van der Waals surface area contributed by atoms with Crippen molar-refractivity contribution in [2.24, 2.45) is 0 Å². The van der Waals surface area contributed by atoms with Crippen LogP contribution < -0.4 is 4.43 Å². The van der Waals surface area contributed by atoms with Gasteiger partial charge in [0.15, 0.2) is 6.10 Å². The quantitative estimate of drug-likeness (QED) is 0.790. The van der Waals surface area contributed by atoms with Gasteiger partial charge in [0.1, 0.15) is 5.75 Å². The maximum atomic E-state index is 10.5. The molecule has 0 aromatic heterocycles. The molecular weight excluding hydrogens is 224 g/mol. The second-order valence-electron chi connectivity index (χ2n) is 4.52. The lowest BCUT2D eigenvalue weighted by molar-refractivity contribution is -0.146. The van der Waals surface area contributed by atoms with Gasteiger partial charge in [-0.1, -0.05) is 12.1 Å². The smallest absolute Gasteiger partial charge is 0.337 e. The van der Waals surface area contributed by atoms with Gasteiger partial charge in [-0.3, -0.25) is 0 Å². The predicted octanol–water partition coefficient (Wildman–Crippen LogP) is 2.02. The van der Waals surface area contributed by atoms with Crippen molar-refractivity contribution in [3.63, 3.8) is 0 Å². The van der Waals surface area contributed by atoms with E-state index in [2.05, 4.69) is 19.6 Å². The Labute approximate surface area is 95.6 Å². The van der Waals surface area contributed by atoms with Gasteiger partial charge >= 0.3 is 5.97 Å². The Morgan fingerprint density at radius 1 is 1.25 bits per heavy atom. The van der Waals surface area contributed by atoms with Gasteiger partial charge in [-0.25, -0.2) is 4.79 Å². The molecule has 0 radical (unpaired) electrons. The Balaban J connectivity index is 2.79. The van der Waals surface area contributed by atoms with Gasteiger partial charge < -0.3 is 14.6 Å². The van der Waals surface area contributed by atoms with E-state index in [0.717, 1.165) is 0 Å². The van der Waals surface area contributed by atoms with Gasteiger partial charge in [-0.2, -0.15) is 0 Å². The zero-order chi connectivity index (χ0) is 12.3. The number of carboxylic acids is 1. The average Bonchev–Trinajstić information content (AvgIpc) is 2.15. The van der Waals surface area contributed by atoms with E-state index >= 15 is 0 Å². The van der Waals surface area contributed by atoms with Crippen LogP contribution in [0.4, 0.5) is 0 Å². The maximum Gasteiger partial charge on any atom is 0.337 e. The summed E-state index contributed by atoms with van der Waals surface area (Å²) in [6, 6.07) is 6.49. The van der Waals surface area contributed by atoms with Crippen molar-refractivity contribution in [2.75, 3.05) is 0 Å². The van der Waals surface area contributed by atoms with E-state index in [4.69, 9.17) is 9.53 Å². The molecule has 0 heterocycles. The molecule has 1 rings (SSSR count). The third-order valence-electron chi connectivity index (χ3n) is 1.85. The minimum Gasteiger partial charge on any atom is -0.544 e. The first kappa shape index (κ1) is 12.7. The molecule has 1 unspecified atom stereocenters. The molecule has 2 N–H and O–H groups in total. The topological polar surface area (TPSA) is 66.8 Å². The fourth-order valence-electron chi connectivity index (χ4n) is 1.21. The molecule has 0 spiro atoms. The standard InChI is InChI=1S/C11H16O4Si/c1-16(2,3)15-9-6-4-8(5-7-9)10(12)11(13)14/h4-7,10,12H,1-3H3,(H,13,14). The fraction of sp³-hybridized carbons (Fsp3) is 0.364. The van der Waals surface area contributed by atoms with Crippen LogP contribution in [-0.2, 0) is 4.79 Å². The van der Waals surface area contributed by atoms with Crippen LogP contribution in [0.2, 0.25) is 19.6 Å². The molecule has 16 heavy (non-hydrogen) atoms. The van der Waals surface area contributed by atoms with Crippen LogP contribution >= 0.6 is 0 Å². The van der Waals surface area contributed by atoms with E-state index in [9.17, 15) is 9.90 Å². The highest BCUT2D eigenvalue weighted by Crippen LogP contribution is 2.20. The fourth-order valence-corrected chi connectivity index (χ4v) is 2.06. The van der Waals surface area contributed by atoms with Gasteiger partial charge in [0.05, 0.1) is 0 Å².